The predicted molar refractivity (Wildman–Crippen MR) is 589 cm³/mol. The maximum Gasteiger partial charge on any atom is 0.302 e. The van der Waals surface area contributed by atoms with Gasteiger partial charge in [0, 0.05) is 196 Å². The molecule has 0 aromatic rings. The summed E-state index contributed by atoms with van der Waals surface area (Å²) in [4.78, 5) is 87.2. The van der Waals surface area contributed by atoms with Crippen LogP contribution in [0.25, 0.3) is 0 Å². The number of carbonyl (C=O) groups excluding carboxylic acids is 4. The van der Waals surface area contributed by atoms with E-state index in [4.69, 9.17) is 66.9 Å². The summed E-state index contributed by atoms with van der Waals surface area (Å²) >= 11 is 0. The molecule has 26 heteroatoms. The zero-order chi connectivity index (χ0) is 111. The van der Waals surface area contributed by atoms with Crippen LogP contribution in [0.3, 0.4) is 0 Å². The molecule has 0 amide bonds. The zero-order valence-corrected chi connectivity index (χ0v) is 103. The van der Waals surface area contributed by atoms with Crippen molar-refractivity contribution < 1.29 is 86.1 Å². The number of hydrogen-bond acceptors (Lipinski definition) is 26. The van der Waals surface area contributed by atoms with Crippen LogP contribution in [-0.4, -0.2) is 281 Å². The molecule has 2 unspecified atom stereocenters. The van der Waals surface area contributed by atoms with E-state index in [1.807, 2.05) is 35.2 Å². The molecule has 10 fully saturated rings. The zero-order valence-electron chi connectivity index (χ0n) is 103. The van der Waals surface area contributed by atoms with E-state index >= 15 is 0 Å². The molecule has 0 aromatic heterocycles. The van der Waals surface area contributed by atoms with Gasteiger partial charge in [-0.15, -0.1) is 0 Å². The SMILES string of the molecule is CC(=O)OC1CC(C)(C)N(C)C(C)(C)C1.CC(=O)OC1CC(C)(C)N(OC(C)C)C(C)(C)C1.CC(=O)OC1CC(C)(C)N(OC2CCCCC2)C(C)(C)C1.CCCCC(CC)ON1C(C)(C)CC(OC(C)=O)CC1(C)C.CCCCC(CC)ON1C(C)(C)CC(OC)CC1(C)C.COC1CC(C)(C)N(C)C(C)(C)C1.COC1CC(C)(C)N(OC(C)C)C(C)(C)C1.COC1CC(C)(C)N(OC2CCCCC2)C(C)(C)C1. The van der Waals surface area contributed by atoms with Crippen molar-refractivity contribution in [3.63, 3.8) is 0 Å². The molecule has 0 N–H and O–H groups in total. The summed E-state index contributed by atoms with van der Waals surface area (Å²) in [6.07, 6.45) is 40.1. The fraction of sp³-hybridized carbons (Fsp3) is 0.966. The molecule has 144 heavy (non-hydrogen) atoms. The van der Waals surface area contributed by atoms with Gasteiger partial charge in [0.05, 0.1) is 61.0 Å². The summed E-state index contributed by atoms with van der Waals surface area (Å²) in [7, 11) is 11.6. The highest BCUT2D eigenvalue weighted by Crippen LogP contribution is 2.49. The summed E-state index contributed by atoms with van der Waals surface area (Å²) in [5, 5.41) is 13.1. The Kier molecular flexibility index (Phi) is 53.1. The Labute approximate surface area is 884 Å². The first-order valence-electron chi connectivity index (χ1n) is 56.7. The molecule has 26 nitrogen and oxygen atoms in total. The highest BCUT2D eigenvalue weighted by Gasteiger charge is 2.56. The summed E-state index contributed by atoms with van der Waals surface area (Å²) in [6.45, 7) is 94.1. The predicted octanol–water partition coefficient (Wildman–Crippen LogP) is 27.2. The van der Waals surface area contributed by atoms with E-state index in [-0.39, 0.29) is 155 Å². The molecule has 8 saturated heterocycles. The van der Waals surface area contributed by atoms with Crippen molar-refractivity contribution in [1.29, 1.82) is 0 Å². The van der Waals surface area contributed by atoms with Crippen LogP contribution in [0.4, 0.5) is 0 Å². The van der Waals surface area contributed by atoms with Gasteiger partial charge in [-0.1, -0.05) is 91.9 Å². The van der Waals surface area contributed by atoms with Gasteiger partial charge in [-0.25, -0.2) is 0 Å². The molecule has 10 aliphatic rings. The molecule has 2 saturated carbocycles. The van der Waals surface area contributed by atoms with Crippen molar-refractivity contribution in [2.45, 2.75) is 697 Å². The molecule has 8 heterocycles. The van der Waals surface area contributed by atoms with Crippen molar-refractivity contribution in [3.05, 3.63) is 0 Å². The van der Waals surface area contributed by atoms with Crippen LogP contribution >= 0.6 is 0 Å². The van der Waals surface area contributed by atoms with Crippen LogP contribution in [0.5, 0.6) is 0 Å². The van der Waals surface area contributed by atoms with Crippen LogP contribution in [0, 0.1) is 0 Å². The Morgan fingerprint density at radius 2 is 0.410 bits per heavy atom. The number of hydrogen-bond donors (Lipinski definition) is 0. The van der Waals surface area contributed by atoms with E-state index in [0.717, 1.165) is 141 Å². The van der Waals surface area contributed by atoms with E-state index in [2.05, 4.69) is 317 Å². The van der Waals surface area contributed by atoms with E-state index in [0.29, 0.717) is 42.7 Å². The summed E-state index contributed by atoms with van der Waals surface area (Å²) in [6, 6.07) is 0. The number of hydroxylamine groups is 12. The second-order valence-electron chi connectivity index (χ2n) is 55.1. The van der Waals surface area contributed by atoms with Crippen LogP contribution in [-0.2, 0) is 86.1 Å². The van der Waals surface area contributed by atoms with Gasteiger partial charge in [0.1, 0.15) is 24.4 Å². The maximum absolute atomic E-state index is 11.3. The Hall–Kier alpha value is -2.84. The number of esters is 4. The van der Waals surface area contributed by atoms with Gasteiger partial charge in [-0.05, 0) is 366 Å². The van der Waals surface area contributed by atoms with Gasteiger partial charge in [0.2, 0.25) is 0 Å². The lowest BCUT2D eigenvalue weighted by atomic mass is 9.79. The standard InChI is InChI=1S/C18H35NO3.C17H31NO3.C17H35NO2.C16H31NO2.C14H27NO3.C13H27NO2.C12H23NO2.C11H23NO/c1-8-10-11-15(9-2)22-19-17(4,5)12-16(21-14(3)20)13-18(19,6)7;1-13(19)20-15-11-16(2,3)18(17(4,5)12-15)21-14-9-7-6-8-10-14;1-8-10-11-14(9-2)20-18-16(3,4)12-15(19-7)13-17(18,5)6;1-15(2)11-14(18-5)12-16(3,4)17(15)19-13-9-7-6-8-10-13;1-10(2)18-15-13(4,5)8-12(17-11(3)16)9-14(15,6)7;1-10(2)16-14-12(3,4)8-11(15-7)9-13(14,5)6;1-9(14)15-10-7-11(2,3)13(6)12(4,5)8-10;1-10(2)7-9(13-6)8-11(3,4)12(10)5/h15-16H,8-13H2,1-7H3;14-15H,6-12H2,1-5H3;14-15H,8-13H2,1-7H3;13-14H,6-12H2,1-5H3;10,12H,8-9H2,1-7H3;10-11H,8-9H2,1-7H3;10H,7-8H2,1-6H3;9H,7-8H2,1-6H3. The Balaban J connectivity index is 0.000000425. The Morgan fingerprint density at radius 3 is 0.576 bits per heavy atom. The van der Waals surface area contributed by atoms with Crippen LogP contribution < -0.4 is 0 Å². The molecule has 0 spiro atoms. The van der Waals surface area contributed by atoms with Crippen LogP contribution in [0.15, 0.2) is 0 Å². The van der Waals surface area contributed by atoms with Crippen molar-refractivity contribution >= 4 is 23.9 Å². The first-order valence-corrected chi connectivity index (χ1v) is 56.7. The van der Waals surface area contributed by atoms with Crippen molar-refractivity contribution in [2.24, 2.45) is 0 Å². The lowest BCUT2D eigenvalue weighted by Crippen LogP contribution is -2.62. The van der Waals surface area contributed by atoms with Gasteiger partial charge < -0.3 is 37.9 Å². The molecule has 0 bridgehead atoms. The molecule has 10 rings (SSSR count). The van der Waals surface area contributed by atoms with Crippen molar-refractivity contribution in [2.75, 3.05) is 42.5 Å². The minimum atomic E-state index is -0.204. The largest absolute Gasteiger partial charge is 0.462 e. The quantitative estimate of drug-likeness (QED) is 0.0524. The van der Waals surface area contributed by atoms with Gasteiger partial charge in [0.15, 0.2) is 0 Å². The number of piperidine rings is 8. The van der Waals surface area contributed by atoms with Crippen molar-refractivity contribution in [1.82, 2.24) is 40.2 Å². The van der Waals surface area contributed by atoms with Crippen molar-refractivity contribution in [3.8, 4) is 0 Å². The number of nitrogens with zero attached hydrogens (tertiary/aromatic N) is 8. The first-order chi connectivity index (χ1) is 65.6. The highest BCUT2D eigenvalue weighted by molar-refractivity contribution is 5.67. The third-order valence-electron chi connectivity index (χ3n) is 32.0. The molecular weight excluding hydrogens is 1820 g/mol. The second kappa shape index (κ2) is 56.5. The number of carbonyl (C=O) groups is 4. The van der Waals surface area contributed by atoms with Gasteiger partial charge in [-0.2, -0.15) is 30.4 Å². The first kappa shape index (κ1) is 135. The molecule has 8 aliphatic heterocycles. The molecular formula is C118H232N8O18. The lowest BCUT2D eigenvalue weighted by Gasteiger charge is -2.54. The molecule has 0 radical (unpaired) electrons. The number of likely N-dealkylation sites (tertiary alicyclic amines) is 2. The van der Waals surface area contributed by atoms with Gasteiger partial charge >= 0.3 is 23.9 Å². The van der Waals surface area contributed by atoms with E-state index < -0.39 is 0 Å². The Morgan fingerprint density at radius 1 is 0.243 bits per heavy atom. The normalized spacial score (nSPS) is 26.2. The maximum atomic E-state index is 11.3. The minimum Gasteiger partial charge on any atom is -0.462 e. The minimum absolute atomic E-state index is 0.0151. The number of methoxy groups -OCH3 is 4. The molecule has 2 aliphatic carbocycles. The average Bonchev–Trinajstić information content (AvgIpc) is 0.734. The summed E-state index contributed by atoms with van der Waals surface area (Å²) in [5.41, 5.74) is -0.0161. The van der Waals surface area contributed by atoms with E-state index in [1.165, 1.54) is 105 Å². The summed E-state index contributed by atoms with van der Waals surface area (Å²) < 4.78 is 44.0. The second-order valence-corrected chi connectivity index (χ2v) is 55.1. The fourth-order valence-corrected chi connectivity index (χ4v) is 26.1. The van der Waals surface area contributed by atoms with Gasteiger partial charge in [0.25, 0.3) is 0 Å². The van der Waals surface area contributed by atoms with E-state index in [1.54, 1.807) is 7.11 Å². The summed E-state index contributed by atoms with van der Waals surface area (Å²) in [5.74, 6) is -0.755. The smallest absolute Gasteiger partial charge is 0.302 e. The lowest BCUT2D eigenvalue weighted by molar-refractivity contribution is -0.318. The number of rotatable bonds is 28. The molecule has 0 aromatic carbocycles. The van der Waals surface area contributed by atoms with Crippen LogP contribution in [0.1, 0.15) is 523 Å². The average molecular weight is 2050 g/mol. The Bertz CT molecular complexity index is 3560. The number of unbranched alkanes of at least 4 members (excludes halogenated alkanes) is 2. The monoisotopic (exact) mass is 2050 g/mol. The van der Waals surface area contributed by atoms with E-state index in [9.17, 15) is 19.2 Å². The fourth-order valence-electron chi connectivity index (χ4n) is 26.1. The third-order valence-corrected chi connectivity index (χ3v) is 32.0. The molecule has 2 atom stereocenters. The number of ether oxygens (including phenoxy) is 8. The topological polar surface area (TPSA) is 223 Å². The molecule has 852 valence electrons. The highest BCUT2D eigenvalue weighted by atomic mass is 16.7. The third kappa shape index (κ3) is 42.8. The van der Waals surface area contributed by atoms with Crippen LogP contribution in [0.2, 0.25) is 0 Å². The van der Waals surface area contributed by atoms with Gasteiger partial charge in [-0.3, -0.25) is 58.0 Å².